The van der Waals surface area contributed by atoms with E-state index in [2.05, 4.69) is 84.3 Å². The van der Waals surface area contributed by atoms with Gasteiger partial charge in [-0.25, -0.2) is 0 Å². The van der Waals surface area contributed by atoms with Gasteiger partial charge in [0.15, 0.2) is 0 Å². The number of hydrogen-bond donors (Lipinski definition) is 0. The normalized spacial score (nSPS) is 17.1. The number of aromatic nitrogens is 1. The summed E-state index contributed by atoms with van der Waals surface area (Å²) in [5, 5.41) is 1.37. The number of aliphatic imine (C=N–C) groups is 1. The summed E-state index contributed by atoms with van der Waals surface area (Å²) in [7, 11) is 1.95. The molecule has 1 fully saturated rings. The average molecular weight is 394 g/mol. The number of terminal acetylenes is 1. The van der Waals surface area contributed by atoms with E-state index in [4.69, 9.17) is 0 Å². The van der Waals surface area contributed by atoms with E-state index in [1.165, 1.54) is 54.4 Å². The number of amidine groups is 1. The molecule has 0 aliphatic carbocycles. The molecule has 1 unspecified atom stereocenters. The van der Waals surface area contributed by atoms with Crippen LogP contribution in [0.15, 0.2) is 48.6 Å². The van der Waals surface area contributed by atoms with Gasteiger partial charge in [0.2, 0.25) is 0 Å². The van der Waals surface area contributed by atoms with Crippen LogP contribution in [-0.4, -0.2) is 35.4 Å². The number of unbranched alkanes of at least 4 members (excludes halogenated alkanes) is 1. The van der Waals surface area contributed by atoms with Crippen LogP contribution in [0.5, 0.6) is 0 Å². The minimum Gasteiger partial charge on any atom is -0.360 e. The van der Waals surface area contributed by atoms with Crippen LogP contribution in [0.1, 0.15) is 64.4 Å². The van der Waals surface area contributed by atoms with Crippen LogP contribution < -0.4 is 0 Å². The largest absolute Gasteiger partial charge is 0.360 e. The zero-order valence-corrected chi connectivity index (χ0v) is 19.0. The molecule has 1 aromatic heterocycles. The third-order valence-electron chi connectivity index (χ3n) is 5.23. The lowest BCUT2D eigenvalue weighted by atomic mass is 9.88. The first-order valence-corrected chi connectivity index (χ1v) is 10.9. The van der Waals surface area contributed by atoms with Crippen molar-refractivity contribution in [3.8, 4) is 12.3 Å². The van der Waals surface area contributed by atoms with Crippen molar-refractivity contribution in [3.63, 3.8) is 0 Å². The fraction of sp³-hybridized carbons (Fsp3) is 0.500. The molecule has 29 heavy (non-hydrogen) atoms. The smallest absolute Gasteiger partial charge is 0.106 e. The number of fused-ring (bicyclic) bond motifs is 1. The Hall–Kier alpha value is -2.47. The molecule has 1 atom stereocenters. The molecular formula is C26H39N3. The van der Waals surface area contributed by atoms with Gasteiger partial charge in [0.1, 0.15) is 5.84 Å². The fourth-order valence-corrected chi connectivity index (χ4v) is 4.02. The summed E-state index contributed by atoms with van der Waals surface area (Å²) < 4.78 is 2.39. The van der Waals surface area contributed by atoms with E-state index in [0.29, 0.717) is 5.92 Å². The zero-order chi connectivity index (χ0) is 21.6. The summed E-state index contributed by atoms with van der Waals surface area (Å²) in [6.07, 6.45) is 13.0. The molecule has 3 nitrogen and oxygen atoms in total. The molecule has 1 aromatic carbocycles. The Morgan fingerprint density at radius 3 is 2.52 bits per heavy atom. The number of hydrogen-bond acceptors (Lipinski definition) is 1. The number of benzene rings is 1. The van der Waals surface area contributed by atoms with Crippen LogP contribution in [-0.2, 0) is 6.54 Å². The molecular weight excluding hydrogens is 354 g/mol. The predicted octanol–water partition coefficient (Wildman–Crippen LogP) is 6.50. The summed E-state index contributed by atoms with van der Waals surface area (Å²) in [6, 6.07) is 9.30. The van der Waals surface area contributed by atoms with Crippen molar-refractivity contribution >= 4 is 16.7 Å². The molecule has 1 aliphatic rings. The molecule has 0 saturated carbocycles. The average Bonchev–Trinajstić information content (AvgIpc) is 3.16. The second-order valence-electron chi connectivity index (χ2n) is 7.23. The van der Waals surface area contributed by atoms with E-state index in [0.717, 1.165) is 19.6 Å². The van der Waals surface area contributed by atoms with Crippen molar-refractivity contribution in [2.75, 3.05) is 20.1 Å². The molecule has 1 saturated heterocycles. The lowest BCUT2D eigenvalue weighted by Gasteiger charge is -2.36. The highest BCUT2D eigenvalue weighted by molar-refractivity contribution is 5.91. The Morgan fingerprint density at radius 1 is 1.17 bits per heavy atom. The third-order valence-corrected chi connectivity index (χ3v) is 5.23. The number of nitrogens with zero attached hydrogens (tertiary/aromatic N) is 3. The van der Waals surface area contributed by atoms with Gasteiger partial charge in [0, 0.05) is 44.3 Å². The molecule has 2 aromatic rings. The van der Waals surface area contributed by atoms with E-state index in [1.807, 2.05) is 7.05 Å². The highest BCUT2D eigenvalue weighted by atomic mass is 15.2. The Labute approximate surface area is 178 Å². The molecule has 0 bridgehead atoms. The Balaban J connectivity index is 0.000000771. The molecule has 0 amide bonds. The molecule has 0 N–H and O–H groups in total. The second-order valence-corrected chi connectivity index (χ2v) is 7.23. The summed E-state index contributed by atoms with van der Waals surface area (Å²) in [5.41, 5.74) is 2.79. The van der Waals surface area contributed by atoms with Gasteiger partial charge >= 0.3 is 0 Å². The minimum absolute atomic E-state index is 0.457. The van der Waals surface area contributed by atoms with E-state index in [9.17, 15) is 0 Å². The predicted molar refractivity (Wildman–Crippen MR) is 130 cm³/mol. The Bertz CT molecular complexity index is 792. The molecule has 0 spiro atoms. The molecule has 158 valence electrons. The van der Waals surface area contributed by atoms with Crippen LogP contribution in [0, 0.1) is 12.3 Å². The Kier molecular flexibility index (Phi) is 11.6. The summed E-state index contributed by atoms with van der Waals surface area (Å²) in [5.74, 6) is 3.99. The minimum atomic E-state index is 0.457. The fourth-order valence-electron chi connectivity index (χ4n) is 4.02. The Morgan fingerprint density at radius 2 is 1.90 bits per heavy atom. The zero-order valence-electron chi connectivity index (χ0n) is 19.0. The molecule has 3 heteroatoms. The van der Waals surface area contributed by atoms with Gasteiger partial charge in [0.25, 0.3) is 0 Å². The van der Waals surface area contributed by atoms with Crippen molar-refractivity contribution in [2.45, 2.75) is 65.3 Å². The number of aryl methyl sites for hydroxylation is 1. The second kappa shape index (κ2) is 13.7. The topological polar surface area (TPSA) is 20.5 Å². The van der Waals surface area contributed by atoms with Crippen LogP contribution in [0.25, 0.3) is 10.9 Å². The summed E-state index contributed by atoms with van der Waals surface area (Å²) in [6.45, 7) is 15.6. The van der Waals surface area contributed by atoms with Crippen LogP contribution in [0.2, 0.25) is 0 Å². The van der Waals surface area contributed by atoms with Gasteiger partial charge in [-0.05, 0) is 61.8 Å². The maximum absolute atomic E-state index is 4.67. The number of likely N-dealkylation sites (tertiary alicyclic amines) is 1. The standard InChI is InChI=1S/C21H31N3.C3H4.C2H4/c1-4-6-13-23-15-11-18-16-17(9-10-20(18)23)19-8-7-14-24(12-5-2)21(19)22-3;1-3-2;1-2/h9-11,15-16,19H,4-8,12-14H2,1-3H3;1H,2H3;1-2H2. The SMILES string of the molecule is C#CC.C=C.CCCCn1ccc2cc(C3CCCN(CCC)C3=NC)ccc21. The van der Waals surface area contributed by atoms with Crippen molar-refractivity contribution in [1.29, 1.82) is 0 Å². The van der Waals surface area contributed by atoms with Crippen molar-refractivity contribution in [2.24, 2.45) is 4.99 Å². The van der Waals surface area contributed by atoms with E-state index in [-0.39, 0.29) is 0 Å². The van der Waals surface area contributed by atoms with Crippen molar-refractivity contribution in [1.82, 2.24) is 9.47 Å². The first-order valence-electron chi connectivity index (χ1n) is 10.9. The molecule has 3 rings (SSSR count). The van der Waals surface area contributed by atoms with Crippen molar-refractivity contribution in [3.05, 3.63) is 49.2 Å². The highest BCUT2D eigenvalue weighted by Gasteiger charge is 2.27. The van der Waals surface area contributed by atoms with Gasteiger partial charge in [-0.2, -0.15) is 0 Å². The van der Waals surface area contributed by atoms with Crippen LogP contribution in [0.3, 0.4) is 0 Å². The monoisotopic (exact) mass is 393 g/mol. The summed E-state index contributed by atoms with van der Waals surface area (Å²) >= 11 is 0. The maximum Gasteiger partial charge on any atom is 0.106 e. The summed E-state index contributed by atoms with van der Waals surface area (Å²) in [4.78, 5) is 7.16. The third kappa shape index (κ3) is 6.53. The van der Waals surface area contributed by atoms with Gasteiger partial charge in [-0.1, -0.05) is 26.3 Å². The van der Waals surface area contributed by atoms with E-state index >= 15 is 0 Å². The number of rotatable bonds is 6. The first kappa shape index (κ1) is 24.6. The van der Waals surface area contributed by atoms with E-state index in [1.54, 1.807) is 6.92 Å². The maximum atomic E-state index is 4.67. The van der Waals surface area contributed by atoms with Crippen LogP contribution >= 0.6 is 0 Å². The lowest BCUT2D eigenvalue weighted by molar-refractivity contribution is 0.355. The molecule has 1 aliphatic heterocycles. The van der Waals surface area contributed by atoms with Crippen LogP contribution in [0.4, 0.5) is 0 Å². The molecule has 0 radical (unpaired) electrons. The number of piperidine rings is 1. The van der Waals surface area contributed by atoms with Gasteiger partial charge in [0.05, 0.1) is 0 Å². The lowest BCUT2D eigenvalue weighted by Crippen LogP contribution is -2.40. The van der Waals surface area contributed by atoms with Gasteiger partial charge < -0.3 is 9.47 Å². The van der Waals surface area contributed by atoms with Gasteiger partial charge in [-0.15, -0.1) is 25.5 Å². The highest BCUT2D eigenvalue weighted by Crippen LogP contribution is 2.31. The quantitative estimate of drug-likeness (QED) is 0.405. The molecule has 2 heterocycles. The van der Waals surface area contributed by atoms with E-state index < -0.39 is 0 Å². The van der Waals surface area contributed by atoms with Crippen molar-refractivity contribution < 1.29 is 0 Å². The van der Waals surface area contributed by atoms with Gasteiger partial charge in [-0.3, -0.25) is 4.99 Å². The first-order chi connectivity index (χ1) is 14.2.